The third kappa shape index (κ3) is 2.77. The molecule has 0 unspecified atom stereocenters. The third-order valence-corrected chi connectivity index (χ3v) is 3.23. The Morgan fingerprint density at radius 2 is 2.19 bits per heavy atom. The van der Waals surface area contributed by atoms with Crippen molar-refractivity contribution >= 4 is 33.6 Å². The van der Waals surface area contributed by atoms with Crippen molar-refractivity contribution in [1.29, 1.82) is 0 Å². The average Bonchev–Trinajstić information content (AvgIpc) is 2.60. The van der Waals surface area contributed by atoms with Crippen LogP contribution in [-0.4, -0.2) is 12.6 Å². The first-order chi connectivity index (χ1) is 7.66. The summed E-state index contributed by atoms with van der Waals surface area (Å²) in [6.07, 6.45) is 2.90. The first-order valence-corrected chi connectivity index (χ1v) is 6.63. The monoisotopic (exact) mass is 329 g/mol. The number of nitrogens with one attached hydrogen (secondary N) is 1. The molecule has 0 fully saturated rings. The topological polar surface area (TPSA) is 25.2 Å². The zero-order valence-electron chi connectivity index (χ0n) is 9.59. The van der Waals surface area contributed by atoms with E-state index in [0.717, 1.165) is 18.5 Å². The largest absolute Gasteiger partial charge is 0.464 e. The van der Waals surface area contributed by atoms with E-state index in [1.807, 2.05) is 12.3 Å². The first-order valence-electron chi connectivity index (χ1n) is 5.56. The van der Waals surface area contributed by atoms with Crippen LogP contribution in [0.5, 0.6) is 0 Å². The lowest BCUT2D eigenvalue weighted by atomic mass is 10.1. The van der Waals surface area contributed by atoms with Gasteiger partial charge in [-0.15, -0.1) is 0 Å². The highest BCUT2D eigenvalue weighted by Crippen LogP contribution is 2.23. The normalized spacial score (nSPS) is 11.5. The van der Waals surface area contributed by atoms with E-state index in [1.165, 1.54) is 14.5 Å². The van der Waals surface area contributed by atoms with E-state index >= 15 is 0 Å². The van der Waals surface area contributed by atoms with E-state index in [2.05, 4.69) is 53.9 Å². The number of rotatable bonds is 4. The molecule has 0 saturated carbocycles. The SMILES string of the molecule is CC(C)NCCc1coc2ccc(I)cc12. The Bertz CT molecular complexity index is 476. The van der Waals surface area contributed by atoms with Crippen molar-refractivity contribution in [2.75, 3.05) is 6.54 Å². The zero-order valence-corrected chi connectivity index (χ0v) is 11.7. The molecule has 1 N–H and O–H groups in total. The van der Waals surface area contributed by atoms with Gasteiger partial charge in [0.2, 0.25) is 0 Å². The molecular weight excluding hydrogens is 313 g/mol. The number of halogens is 1. The molecule has 0 amide bonds. The van der Waals surface area contributed by atoms with Crippen LogP contribution in [0, 0.1) is 3.57 Å². The van der Waals surface area contributed by atoms with E-state index in [1.54, 1.807) is 0 Å². The Kier molecular flexibility index (Phi) is 3.86. The first kappa shape index (κ1) is 11.9. The van der Waals surface area contributed by atoms with E-state index in [4.69, 9.17) is 4.42 Å². The Balaban J connectivity index is 2.15. The third-order valence-electron chi connectivity index (χ3n) is 2.56. The van der Waals surface area contributed by atoms with Gasteiger partial charge in [0.1, 0.15) is 5.58 Å². The second-order valence-electron chi connectivity index (χ2n) is 4.26. The van der Waals surface area contributed by atoms with Gasteiger partial charge in [-0.1, -0.05) is 13.8 Å². The van der Waals surface area contributed by atoms with Crippen LogP contribution < -0.4 is 5.32 Å². The predicted octanol–water partition coefficient (Wildman–Crippen LogP) is 3.58. The highest BCUT2D eigenvalue weighted by Gasteiger charge is 2.06. The molecule has 0 radical (unpaired) electrons. The average molecular weight is 329 g/mol. The Hall–Kier alpha value is -0.550. The Labute approximate surface area is 110 Å². The van der Waals surface area contributed by atoms with Gasteiger partial charge in [0, 0.05) is 15.0 Å². The van der Waals surface area contributed by atoms with Crippen molar-refractivity contribution < 1.29 is 4.42 Å². The number of fused-ring (bicyclic) bond motifs is 1. The summed E-state index contributed by atoms with van der Waals surface area (Å²) in [7, 11) is 0. The predicted molar refractivity (Wildman–Crippen MR) is 75.8 cm³/mol. The van der Waals surface area contributed by atoms with Crippen LogP contribution >= 0.6 is 22.6 Å². The summed E-state index contributed by atoms with van der Waals surface area (Å²) in [4.78, 5) is 0. The summed E-state index contributed by atoms with van der Waals surface area (Å²) in [5.41, 5.74) is 2.28. The standard InChI is InChI=1S/C13H16INO/c1-9(2)15-6-5-10-8-16-13-4-3-11(14)7-12(10)13/h3-4,7-9,15H,5-6H2,1-2H3. The molecule has 0 spiro atoms. The van der Waals surface area contributed by atoms with Crippen molar-refractivity contribution in [3.63, 3.8) is 0 Å². The summed E-state index contributed by atoms with van der Waals surface area (Å²) in [5, 5.41) is 4.67. The molecule has 0 aliphatic heterocycles. The molecule has 1 aromatic carbocycles. The molecule has 1 aromatic heterocycles. The molecule has 1 heterocycles. The molecule has 0 atom stereocenters. The van der Waals surface area contributed by atoms with Crippen LogP contribution in [-0.2, 0) is 6.42 Å². The minimum Gasteiger partial charge on any atom is -0.464 e. The fourth-order valence-electron chi connectivity index (χ4n) is 1.74. The number of furan rings is 1. The lowest BCUT2D eigenvalue weighted by Gasteiger charge is -2.06. The van der Waals surface area contributed by atoms with Crippen LogP contribution in [0.3, 0.4) is 0 Å². The van der Waals surface area contributed by atoms with Crippen LogP contribution in [0.2, 0.25) is 0 Å². The summed E-state index contributed by atoms with van der Waals surface area (Å²) < 4.78 is 6.78. The summed E-state index contributed by atoms with van der Waals surface area (Å²) >= 11 is 2.33. The lowest BCUT2D eigenvalue weighted by Crippen LogP contribution is -2.24. The van der Waals surface area contributed by atoms with Crippen LogP contribution in [0.25, 0.3) is 11.0 Å². The van der Waals surface area contributed by atoms with Gasteiger partial charge in [-0.05, 0) is 59.3 Å². The van der Waals surface area contributed by atoms with Crippen molar-refractivity contribution in [1.82, 2.24) is 5.32 Å². The quantitative estimate of drug-likeness (QED) is 0.868. The van der Waals surface area contributed by atoms with Crippen LogP contribution in [0.4, 0.5) is 0 Å². The number of hydrogen-bond donors (Lipinski definition) is 1. The highest BCUT2D eigenvalue weighted by molar-refractivity contribution is 14.1. The molecule has 2 rings (SSSR count). The second kappa shape index (κ2) is 5.19. The lowest BCUT2D eigenvalue weighted by molar-refractivity contribution is 0.580. The minimum absolute atomic E-state index is 0.540. The smallest absolute Gasteiger partial charge is 0.134 e. The van der Waals surface area contributed by atoms with E-state index in [0.29, 0.717) is 6.04 Å². The molecule has 2 nitrogen and oxygen atoms in total. The molecule has 16 heavy (non-hydrogen) atoms. The molecule has 0 aliphatic carbocycles. The van der Waals surface area contributed by atoms with E-state index in [-0.39, 0.29) is 0 Å². The molecule has 86 valence electrons. The number of benzene rings is 1. The van der Waals surface area contributed by atoms with Gasteiger partial charge < -0.3 is 9.73 Å². The van der Waals surface area contributed by atoms with Gasteiger partial charge in [0.05, 0.1) is 6.26 Å². The van der Waals surface area contributed by atoms with Crippen molar-refractivity contribution in [2.24, 2.45) is 0 Å². The fourth-order valence-corrected chi connectivity index (χ4v) is 2.23. The van der Waals surface area contributed by atoms with Gasteiger partial charge in [0.15, 0.2) is 0 Å². The van der Waals surface area contributed by atoms with Crippen molar-refractivity contribution in [2.45, 2.75) is 26.3 Å². The van der Waals surface area contributed by atoms with Crippen molar-refractivity contribution in [3.8, 4) is 0 Å². The minimum atomic E-state index is 0.540. The maximum Gasteiger partial charge on any atom is 0.134 e. The number of hydrogen-bond acceptors (Lipinski definition) is 2. The molecule has 0 bridgehead atoms. The Morgan fingerprint density at radius 1 is 1.38 bits per heavy atom. The van der Waals surface area contributed by atoms with Crippen LogP contribution in [0.1, 0.15) is 19.4 Å². The van der Waals surface area contributed by atoms with Gasteiger partial charge in [0.25, 0.3) is 0 Å². The van der Waals surface area contributed by atoms with Crippen LogP contribution in [0.15, 0.2) is 28.9 Å². The van der Waals surface area contributed by atoms with Gasteiger partial charge >= 0.3 is 0 Å². The molecular formula is C13H16INO. The Morgan fingerprint density at radius 3 is 2.94 bits per heavy atom. The van der Waals surface area contributed by atoms with E-state index in [9.17, 15) is 0 Å². The van der Waals surface area contributed by atoms with Gasteiger partial charge in [-0.25, -0.2) is 0 Å². The molecule has 3 heteroatoms. The summed E-state index contributed by atoms with van der Waals surface area (Å²) in [5.74, 6) is 0. The molecule has 0 saturated heterocycles. The fraction of sp³-hybridized carbons (Fsp3) is 0.385. The van der Waals surface area contributed by atoms with E-state index < -0.39 is 0 Å². The summed E-state index contributed by atoms with van der Waals surface area (Å²) in [6.45, 7) is 5.32. The highest BCUT2D eigenvalue weighted by atomic mass is 127. The van der Waals surface area contributed by atoms with Crippen molar-refractivity contribution in [3.05, 3.63) is 33.6 Å². The second-order valence-corrected chi connectivity index (χ2v) is 5.51. The van der Waals surface area contributed by atoms with Gasteiger partial charge in [-0.3, -0.25) is 0 Å². The maximum absolute atomic E-state index is 5.53. The zero-order chi connectivity index (χ0) is 11.5. The molecule has 0 aliphatic rings. The molecule has 2 aromatic rings. The summed E-state index contributed by atoms with van der Waals surface area (Å²) in [6, 6.07) is 6.83. The van der Waals surface area contributed by atoms with Gasteiger partial charge in [-0.2, -0.15) is 0 Å². The maximum atomic E-state index is 5.53.